The predicted molar refractivity (Wildman–Crippen MR) is 107 cm³/mol. The SMILES string of the molecule is Cc1ccc(OCCCC(=O)NCCNC(=O)Cc2ccc(Cl)cc2)cc1. The molecule has 27 heavy (non-hydrogen) atoms. The number of aryl methyl sites for hydroxylation is 1. The lowest BCUT2D eigenvalue weighted by Crippen LogP contribution is -2.35. The highest BCUT2D eigenvalue weighted by Gasteiger charge is 2.04. The Labute approximate surface area is 165 Å². The molecule has 2 N–H and O–H groups in total. The molecule has 6 heteroatoms. The molecule has 0 heterocycles. The summed E-state index contributed by atoms with van der Waals surface area (Å²) in [6.45, 7) is 3.32. The van der Waals surface area contributed by atoms with Crippen LogP contribution in [0.15, 0.2) is 48.5 Å². The van der Waals surface area contributed by atoms with E-state index in [2.05, 4.69) is 10.6 Å². The van der Waals surface area contributed by atoms with Gasteiger partial charge in [0.25, 0.3) is 0 Å². The second-order valence-electron chi connectivity index (χ2n) is 6.27. The highest BCUT2D eigenvalue weighted by molar-refractivity contribution is 6.30. The molecule has 0 saturated carbocycles. The van der Waals surface area contributed by atoms with Crippen LogP contribution in [0.2, 0.25) is 5.02 Å². The van der Waals surface area contributed by atoms with Crippen LogP contribution in [0, 0.1) is 6.92 Å². The lowest BCUT2D eigenvalue weighted by molar-refractivity contribution is -0.122. The van der Waals surface area contributed by atoms with Gasteiger partial charge in [-0.2, -0.15) is 0 Å². The largest absolute Gasteiger partial charge is 0.494 e. The Bertz CT molecular complexity index is 730. The minimum absolute atomic E-state index is 0.0468. The Morgan fingerprint density at radius 3 is 2.22 bits per heavy atom. The van der Waals surface area contributed by atoms with Crippen molar-refractivity contribution in [2.45, 2.75) is 26.2 Å². The van der Waals surface area contributed by atoms with Crippen LogP contribution in [-0.4, -0.2) is 31.5 Å². The molecule has 144 valence electrons. The smallest absolute Gasteiger partial charge is 0.224 e. The van der Waals surface area contributed by atoms with Crippen molar-refractivity contribution in [3.8, 4) is 5.75 Å². The fourth-order valence-electron chi connectivity index (χ4n) is 2.40. The normalized spacial score (nSPS) is 10.3. The van der Waals surface area contributed by atoms with E-state index >= 15 is 0 Å². The van der Waals surface area contributed by atoms with E-state index in [0.717, 1.165) is 11.3 Å². The molecule has 0 radical (unpaired) electrons. The molecular formula is C21H25ClN2O3. The number of hydrogen-bond donors (Lipinski definition) is 2. The van der Waals surface area contributed by atoms with Crippen molar-refractivity contribution in [1.29, 1.82) is 0 Å². The van der Waals surface area contributed by atoms with E-state index < -0.39 is 0 Å². The molecule has 0 aliphatic carbocycles. The molecule has 0 unspecified atom stereocenters. The van der Waals surface area contributed by atoms with Gasteiger partial charge in [-0.15, -0.1) is 0 Å². The van der Waals surface area contributed by atoms with Gasteiger partial charge < -0.3 is 15.4 Å². The quantitative estimate of drug-likeness (QED) is 0.614. The molecule has 0 aromatic heterocycles. The maximum Gasteiger partial charge on any atom is 0.224 e. The van der Waals surface area contributed by atoms with Gasteiger partial charge in [0.1, 0.15) is 5.75 Å². The van der Waals surface area contributed by atoms with E-state index in [0.29, 0.717) is 44.0 Å². The Kier molecular flexibility index (Phi) is 8.65. The van der Waals surface area contributed by atoms with Crippen LogP contribution in [0.25, 0.3) is 0 Å². The summed E-state index contributed by atoms with van der Waals surface area (Å²) < 4.78 is 5.59. The number of benzene rings is 2. The molecule has 2 amide bonds. The van der Waals surface area contributed by atoms with Gasteiger partial charge in [-0.1, -0.05) is 41.4 Å². The molecule has 0 bridgehead atoms. The van der Waals surface area contributed by atoms with E-state index in [1.54, 1.807) is 12.1 Å². The van der Waals surface area contributed by atoms with Crippen LogP contribution in [0.1, 0.15) is 24.0 Å². The van der Waals surface area contributed by atoms with Crippen molar-refractivity contribution >= 4 is 23.4 Å². The summed E-state index contributed by atoms with van der Waals surface area (Å²) in [7, 11) is 0. The molecule has 2 aromatic rings. The summed E-state index contributed by atoms with van der Waals surface area (Å²) in [5, 5.41) is 6.22. The summed E-state index contributed by atoms with van der Waals surface area (Å²) in [5.74, 6) is 0.678. The molecule has 0 saturated heterocycles. The highest BCUT2D eigenvalue weighted by atomic mass is 35.5. The fourth-order valence-corrected chi connectivity index (χ4v) is 2.53. The average molecular weight is 389 g/mol. The summed E-state index contributed by atoms with van der Waals surface area (Å²) in [6, 6.07) is 15.0. The van der Waals surface area contributed by atoms with Crippen LogP contribution >= 0.6 is 11.6 Å². The maximum atomic E-state index is 11.8. The summed E-state index contributed by atoms with van der Waals surface area (Å²) in [5.41, 5.74) is 2.08. The molecule has 5 nitrogen and oxygen atoms in total. The van der Waals surface area contributed by atoms with E-state index in [1.807, 2.05) is 43.3 Å². The van der Waals surface area contributed by atoms with Crippen molar-refractivity contribution in [3.63, 3.8) is 0 Å². The van der Waals surface area contributed by atoms with Crippen molar-refractivity contribution in [3.05, 3.63) is 64.7 Å². The number of amides is 2. The number of carbonyl (C=O) groups is 2. The van der Waals surface area contributed by atoms with Crippen LogP contribution in [0.5, 0.6) is 5.75 Å². The fraction of sp³-hybridized carbons (Fsp3) is 0.333. The first-order chi connectivity index (χ1) is 13.0. The van der Waals surface area contributed by atoms with E-state index in [4.69, 9.17) is 16.3 Å². The van der Waals surface area contributed by atoms with Gasteiger partial charge in [-0.3, -0.25) is 9.59 Å². The van der Waals surface area contributed by atoms with Gasteiger partial charge in [0.2, 0.25) is 11.8 Å². The predicted octanol–water partition coefficient (Wildman–Crippen LogP) is 3.28. The van der Waals surface area contributed by atoms with Gasteiger partial charge >= 0.3 is 0 Å². The second-order valence-corrected chi connectivity index (χ2v) is 6.70. The Morgan fingerprint density at radius 1 is 0.926 bits per heavy atom. The molecule has 2 rings (SSSR count). The molecule has 0 aliphatic rings. The first-order valence-corrected chi connectivity index (χ1v) is 9.38. The summed E-state index contributed by atoms with van der Waals surface area (Å²) in [4.78, 5) is 23.6. The second kappa shape index (κ2) is 11.2. The van der Waals surface area contributed by atoms with Crippen LogP contribution in [0.3, 0.4) is 0 Å². The third-order valence-electron chi connectivity index (χ3n) is 3.89. The molecular weight excluding hydrogens is 364 g/mol. The average Bonchev–Trinajstić information content (AvgIpc) is 2.66. The summed E-state index contributed by atoms with van der Waals surface area (Å²) >= 11 is 5.81. The molecule has 0 fully saturated rings. The van der Waals surface area contributed by atoms with Crippen LogP contribution in [-0.2, 0) is 16.0 Å². The lowest BCUT2D eigenvalue weighted by atomic mass is 10.1. The van der Waals surface area contributed by atoms with E-state index in [9.17, 15) is 9.59 Å². The topological polar surface area (TPSA) is 67.4 Å². The summed E-state index contributed by atoms with van der Waals surface area (Å²) in [6.07, 6.45) is 1.33. The number of rotatable bonds is 10. The zero-order chi connectivity index (χ0) is 19.5. The van der Waals surface area contributed by atoms with Gasteiger partial charge in [-0.25, -0.2) is 0 Å². The van der Waals surface area contributed by atoms with Gasteiger partial charge in [0.15, 0.2) is 0 Å². The van der Waals surface area contributed by atoms with Gasteiger partial charge in [0.05, 0.1) is 13.0 Å². The minimum atomic E-state index is -0.0851. The Balaban J connectivity index is 1.50. The molecule has 0 aliphatic heterocycles. The molecule has 0 spiro atoms. The van der Waals surface area contributed by atoms with Gasteiger partial charge in [0, 0.05) is 24.5 Å². The number of halogens is 1. The van der Waals surface area contributed by atoms with Crippen LogP contribution in [0.4, 0.5) is 0 Å². The van der Waals surface area contributed by atoms with Crippen molar-refractivity contribution < 1.29 is 14.3 Å². The van der Waals surface area contributed by atoms with Crippen molar-refractivity contribution in [2.75, 3.05) is 19.7 Å². The number of carbonyl (C=O) groups excluding carboxylic acids is 2. The van der Waals surface area contributed by atoms with Crippen molar-refractivity contribution in [2.24, 2.45) is 0 Å². The number of nitrogens with one attached hydrogen (secondary N) is 2. The zero-order valence-electron chi connectivity index (χ0n) is 15.5. The Hall–Kier alpha value is -2.53. The van der Waals surface area contributed by atoms with Crippen LogP contribution < -0.4 is 15.4 Å². The first-order valence-electron chi connectivity index (χ1n) is 9.00. The van der Waals surface area contributed by atoms with Crippen molar-refractivity contribution in [1.82, 2.24) is 10.6 Å². The van der Waals surface area contributed by atoms with E-state index in [1.165, 1.54) is 5.56 Å². The maximum absolute atomic E-state index is 11.8. The number of ether oxygens (including phenoxy) is 1. The molecule has 0 atom stereocenters. The lowest BCUT2D eigenvalue weighted by Gasteiger charge is -2.08. The zero-order valence-corrected chi connectivity index (χ0v) is 16.2. The minimum Gasteiger partial charge on any atom is -0.494 e. The Morgan fingerprint density at radius 2 is 1.56 bits per heavy atom. The molecule has 2 aromatic carbocycles. The third-order valence-corrected chi connectivity index (χ3v) is 4.14. The highest BCUT2D eigenvalue weighted by Crippen LogP contribution is 2.12. The van der Waals surface area contributed by atoms with E-state index in [-0.39, 0.29) is 11.8 Å². The first kappa shape index (κ1) is 20.8. The number of hydrogen-bond acceptors (Lipinski definition) is 3. The standard InChI is InChI=1S/C21H25ClN2O3/c1-16-4-10-19(11-5-16)27-14-2-3-20(25)23-12-13-24-21(26)15-17-6-8-18(22)9-7-17/h4-11H,2-3,12-15H2,1H3,(H,23,25)(H,24,26). The third kappa shape index (κ3) is 8.60. The monoisotopic (exact) mass is 388 g/mol. The van der Waals surface area contributed by atoms with Gasteiger partial charge in [-0.05, 0) is 43.2 Å².